The third-order valence-corrected chi connectivity index (χ3v) is 7.23. The van der Waals surface area contributed by atoms with Crippen molar-refractivity contribution in [3.63, 3.8) is 0 Å². The normalized spacial score (nSPS) is 27.8. The van der Waals surface area contributed by atoms with Gasteiger partial charge >= 0.3 is 0 Å². The van der Waals surface area contributed by atoms with Crippen molar-refractivity contribution in [2.24, 2.45) is 0 Å². The lowest BCUT2D eigenvalue weighted by Gasteiger charge is -2.35. The second-order valence-electron chi connectivity index (χ2n) is 9.86. The number of likely N-dealkylation sites (N-methyl/N-ethyl adjacent to an activating group) is 1. The smallest absolute Gasteiger partial charge is 0.269 e. The van der Waals surface area contributed by atoms with Crippen LogP contribution < -0.4 is 20.3 Å². The molecule has 1 unspecified atom stereocenters. The van der Waals surface area contributed by atoms with Gasteiger partial charge in [-0.05, 0) is 31.7 Å². The summed E-state index contributed by atoms with van der Waals surface area (Å²) >= 11 is 0. The monoisotopic (exact) mass is 530 g/mol. The number of anilines is 2. The number of hydrogen-bond acceptors (Lipinski definition) is 13. The predicted octanol–water partition coefficient (Wildman–Crippen LogP) is -0.217. The Balaban J connectivity index is 1.31. The maximum atomic E-state index is 10.9. The number of nitro groups is 1. The standard InChI is InChI=1S/C24H34N8O6/c1-15-19(33)20(34)23(38-15)31-21-18(28-24(31)25-7-8-30-11-9-29(2)10-12-30)22(27-14-26-21)37-13-16-3-5-17(6-4-16)32(35)36/h3-6,14-15,19-20,23-25,28,33-34H,7-13H2,1-2H3/t15-,19-,20-,23-,24?/m1/s1. The Morgan fingerprint density at radius 2 is 1.92 bits per heavy atom. The Kier molecular flexibility index (Phi) is 7.88. The van der Waals surface area contributed by atoms with E-state index in [2.05, 4.69) is 37.4 Å². The van der Waals surface area contributed by atoms with Gasteiger partial charge in [-0.25, -0.2) is 4.98 Å². The van der Waals surface area contributed by atoms with Crippen molar-refractivity contribution in [2.75, 3.05) is 56.5 Å². The Morgan fingerprint density at radius 3 is 2.58 bits per heavy atom. The molecule has 0 saturated carbocycles. The number of hydrogen-bond donors (Lipinski definition) is 4. The summed E-state index contributed by atoms with van der Waals surface area (Å²) in [6.45, 7) is 7.43. The maximum Gasteiger partial charge on any atom is 0.269 e. The predicted molar refractivity (Wildman–Crippen MR) is 138 cm³/mol. The molecule has 4 heterocycles. The number of benzene rings is 1. The van der Waals surface area contributed by atoms with E-state index in [0.29, 0.717) is 23.9 Å². The van der Waals surface area contributed by atoms with Crippen LogP contribution in [0, 0.1) is 10.1 Å². The number of nitrogens with one attached hydrogen (secondary N) is 2. The molecular weight excluding hydrogens is 496 g/mol. The summed E-state index contributed by atoms with van der Waals surface area (Å²) in [5.74, 6) is 0.768. The molecule has 4 N–H and O–H groups in total. The maximum absolute atomic E-state index is 10.9. The van der Waals surface area contributed by atoms with Gasteiger partial charge in [-0.15, -0.1) is 0 Å². The number of piperazine rings is 1. The molecule has 14 nitrogen and oxygen atoms in total. The molecule has 5 rings (SSSR count). The fraction of sp³-hybridized carbons (Fsp3) is 0.583. The average Bonchev–Trinajstić information content (AvgIpc) is 3.40. The second kappa shape index (κ2) is 11.3. The largest absolute Gasteiger partial charge is 0.471 e. The highest BCUT2D eigenvalue weighted by atomic mass is 16.6. The molecule has 2 fully saturated rings. The van der Waals surface area contributed by atoms with Crippen LogP contribution >= 0.6 is 0 Å². The minimum atomic E-state index is -1.14. The molecule has 206 valence electrons. The van der Waals surface area contributed by atoms with Gasteiger partial charge in [0.1, 0.15) is 30.8 Å². The number of nitrogens with zero attached hydrogens (tertiary/aromatic N) is 6. The first-order valence-corrected chi connectivity index (χ1v) is 12.7. The Hall–Kier alpha value is -3.14. The van der Waals surface area contributed by atoms with Gasteiger partial charge in [0.15, 0.2) is 18.3 Å². The summed E-state index contributed by atoms with van der Waals surface area (Å²) in [4.78, 5) is 25.7. The van der Waals surface area contributed by atoms with Crippen LogP contribution in [-0.2, 0) is 11.3 Å². The van der Waals surface area contributed by atoms with Crippen molar-refractivity contribution >= 4 is 17.2 Å². The van der Waals surface area contributed by atoms with Crippen molar-refractivity contribution in [1.29, 1.82) is 0 Å². The highest BCUT2D eigenvalue weighted by Crippen LogP contribution is 2.41. The molecule has 0 radical (unpaired) electrons. The molecule has 3 aliphatic rings. The van der Waals surface area contributed by atoms with E-state index < -0.39 is 35.8 Å². The zero-order valence-corrected chi connectivity index (χ0v) is 21.4. The molecule has 14 heteroatoms. The van der Waals surface area contributed by atoms with E-state index in [1.807, 2.05) is 0 Å². The SMILES string of the molecule is C[C@H]1O[C@@H](N2c3ncnc(OCc4ccc([N+](=O)[O-])cc4)c3NC2NCCN2CCN(C)CC2)[C@H](O)[C@@H]1O. The molecule has 3 aliphatic heterocycles. The number of fused-ring (bicyclic) bond motifs is 1. The van der Waals surface area contributed by atoms with Crippen LogP contribution in [-0.4, -0.2) is 112 Å². The number of non-ortho nitro benzene ring substituents is 1. The van der Waals surface area contributed by atoms with Crippen LogP contribution in [0.25, 0.3) is 0 Å². The van der Waals surface area contributed by atoms with E-state index in [4.69, 9.17) is 9.47 Å². The van der Waals surface area contributed by atoms with Gasteiger partial charge in [0.25, 0.3) is 5.69 Å². The molecule has 1 aromatic carbocycles. The summed E-state index contributed by atoms with van der Waals surface area (Å²) in [6, 6.07) is 6.12. The zero-order valence-electron chi connectivity index (χ0n) is 21.4. The van der Waals surface area contributed by atoms with Gasteiger partial charge in [-0.2, -0.15) is 4.98 Å². The summed E-state index contributed by atoms with van der Waals surface area (Å²) in [6.07, 6.45) is -2.69. The van der Waals surface area contributed by atoms with Crippen molar-refractivity contribution in [3.8, 4) is 5.88 Å². The van der Waals surface area contributed by atoms with Crippen LogP contribution in [0.15, 0.2) is 30.6 Å². The van der Waals surface area contributed by atoms with E-state index in [-0.39, 0.29) is 12.3 Å². The van der Waals surface area contributed by atoms with Crippen LogP contribution in [0.1, 0.15) is 12.5 Å². The molecule has 38 heavy (non-hydrogen) atoms. The molecule has 0 bridgehead atoms. The van der Waals surface area contributed by atoms with E-state index in [0.717, 1.165) is 38.3 Å². The minimum Gasteiger partial charge on any atom is -0.471 e. The average molecular weight is 531 g/mol. The minimum absolute atomic E-state index is 0.00557. The second-order valence-corrected chi connectivity index (χ2v) is 9.86. The number of ether oxygens (including phenoxy) is 2. The number of aliphatic hydroxyl groups is 2. The summed E-state index contributed by atoms with van der Waals surface area (Å²) in [5.41, 5.74) is 1.27. The van der Waals surface area contributed by atoms with Crippen LogP contribution in [0.2, 0.25) is 0 Å². The van der Waals surface area contributed by atoms with Crippen molar-refractivity contribution in [1.82, 2.24) is 25.1 Å². The van der Waals surface area contributed by atoms with E-state index >= 15 is 0 Å². The lowest BCUT2D eigenvalue weighted by Crippen LogP contribution is -2.57. The fourth-order valence-electron chi connectivity index (χ4n) is 4.89. The third kappa shape index (κ3) is 5.50. The molecule has 2 saturated heterocycles. The van der Waals surface area contributed by atoms with Gasteiger partial charge in [-0.1, -0.05) is 0 Å². The zero-order chi connectivity index (χ0) is 26.8. The summed E-state index contributed by atoms with van der Waals surface area (Å²) in [5, 5.41) is 38.9. The highest BCUT2D eigenvalue weighted by Gasteiger charge is 2.49. The molecule has 1 aromatic heterocycles. The Labute approximate surface area is 220 Å². The van der Waals surface area contributed by atoms with Gasteiger partial charge < -0.3 is 29.9 Å². The topological polar surface area (TPSA) is 162 Å². The number of aliphatic hydroxyl groups excluding tert-OH is 2. The number of rotatable bonds is 9. The quantitative estimate of drug-likeness (QED) is 0.249. The summed E-state index contributed by atoms with van der Waals surface area (Å²) in [7, 11) is 2.12. The van der Waals surface area contributed by atoms with Crippen LogP contribution in [0.5, 0.6) is 5.88 Å². The number of aromatic nitrogens is 2. The van der Waals surface area contributed by atoms with Crippen molar-refractivity contribution in [3.05, 3.63) is 46.3 Å². The van der Waals surface area contributed by atoms with E-state index in [1.54, 1.807) is 24.0 Å². The van der Waals surface area contributed by atoms with E-state index in [1.165, 1.54) is 18.5 Å². The van der Waals surface area contributed by atoms with Crippen LogP contribution in [0.3, 0.4) is 0 Å². The lowest BCUT2D eigenvalue weighted by molar-refractivity contribution is -0.384. The van der Waals surface area contributed by atoms with Crippen molar-refractivity contribution in [2.45, 2.75) is 44.4 Å². The molecule has 5 atom stereocenters. The first kappa shape index (κ1) is 26.5. The van der Waals surface area contributed by atoms with Crippen molar-refractivity contribution < 1.29 is 24.6 Å². The lowest BCUT2D eigenvalue weighted by atomic mass is 10.1. The van der Waals surface area contributed by atoms with Gasteiger partial charge in [0.05, 0.1) is 11.0 Å². The highest BCUT2D eigenvalue weighted by molar-refractivity contribution is 5.76. The summed E-state index contributed by atoms with van der Waals surface area (Å²) < 4.78 is 11.9. The van der Waals surface area contributed by atoms with Gasteiger partial charge in [0, 0.05) is 51.4 Å². The van der Waals surface area contributed by atoms with Gasteiger partial charge in [-0.3, -0.25) is 25.2 Å². The Bertz CT molecular complexity index is 1120. The third-order valence-electron chi connectivity index (χ3n) is 7.23. The molecular formula is C24H34N8O6. The molecule has 2 aromatic rings. The first-order chi connectivity index (χ1) is 18.3. The molecule has 0 aliphatic carbocycles. The fourth-order valence-corrected chi connectivity index (χ4v) is 4.89. The first-order valence-electron chi connectivity index (χ1n) is 12.7. The van der Waals surface area contributed by atoms with Gasteiger partial charge in [0.2, 0.25) is 5.88 Å². The number of nitro benzene ring substituents is 1. The molecule has 0 spiro atoms. The van der Waals surface area contributed by atoms with Crippen LogP contribution in [0.4, 0.5) is 17.2 Å². The Morgan fingerprint density at radius 1 is 1.18 bits per heavy atom. The molecule has 0 amide bonds. The van der Waals surface area contributed by atoms with E-state index in [9.17, 15) is 20.3 Å².